The van der Waals surface area contributed by atoms with Crippen molar-refractivity contribution < 1.29 is 14.3 Å². The van der Waals surface area contributed by atoms with Crippen molar-refractivity contribution >= 4 is 28.3 Å². The minimum atomic E-state index is -0.245. The van der Waals surface area contributed by atoms with Crippen LogP contribution in [0.2, 0.25) is 0 Å². The van der Waals surface area contributed by atoms with Crippen LogP contribution < -0.4 is 19.7 Å². The number of nitrogens with one attached hydrogen (secondary N) is 1. The number of amides is 1. The number of hydrogen-bond acceptors (Lipinski definition) is 5. The summed E-state index contributed by atoms with van der Waals surface area (Å²) in [6, 6.07) is 21.9. The monoisotopic (exact) mass is 484 g/mol. The predicted molar refractivity (Wildman–Crippen MR) is 143 cm³/mol. The van der Waals surface area contributed by atoms with Crippen molar-refractivity contribution in [2.45, 2.75) is 39.3 Å². The van der Waals surface area contributed by atoms with Crippen molar-refractivity contribution in [2.75, 3.05) is 30.5 Å². The molecule has 0 spiro atoms. The third-order valence-electron chi connectivity index (χ3n) is 6.57. The first-order chi connectivity index (χ1) is 17.3. The summed E-state index contributed by atoms with van der Waals surface area (Å²) in [7, 11) is 1.60. The fraction of sp³-hybridized carbons (Fsp3) is 0.310. The summed E-state index contributed by atoms with van der Waals surface area (Å²) in [5.41, 5.74) is 5.09. The molecule has 0 aliphatic carbocycles. The van der Waals surface area contributed by atoms with E-state index in [4.69, 9.17) is 14.5 Å². The van der Waals surface area contributed by atoms with Gasteiger partial charge in [0.15, 0.2) is 6.61 Å². The number of carbonyl (C=O) groups is 1. The Morgan fingerprint density at radius 2 is 1.81 bits per heavy atom. The van der Waals surface area contributed by atoms with Crippen molar-refractivity contribution in [2.24, 2.45) is 0 Å². The first kappa shape index (κ1) is 23.7. The number of nitrogens with zero attached hydrogens (tertiary/aromatic N) is 3. The largest absolute Gasteiger partial charge is 0.495 e. The summed E-state index contributed by atoms with van der Waals surface area (Å²) in [5, 5.41) is 2.95. The summed E-state index contributed by atoms with van der Waals surface area (Å²) in [4.78, 5) is 19.8. The standard InChI is InChI=1S/C29H32N4O3/c1-29(2,3)20-9-12-22(13-10-20)36-19-28(34)31-24-17-21(11-14-26(24)35-4)32-15-16-33-25-8-6-5-7-23(25)30-27(33)18-32/h5-14,17H,15-16,18-19H2,1-4H3,(H,31,34). The molecule has 0 radical (unpaired) electrons. The molecule has 1 aliphatic heterocycles. The van der Waals surface area contributed by atoms with Gasteiger partial charge in [0.05, 0.1) is 30.4 Å². The Bertz CT molecular complexity index is 1390. The van der Waals surface area contributed by atoms with E-state index in [0.29, 0.717) is 23.7 Å². The number of carbonyl (C=O) groups excluding carboxylic acids is 1. The predicted octanol–water partition coefficient (Wildman–Crippen LogP) is 5.38. The Balaban J connectivity index is 1.27. The fourth-order valence-corrected chi connectivity index (χ4v) is 4.56. The highest BCUT2D eigenvalue weighted by Gasteiger charge is 2.21. The molecule has 0 bridgehead atoms. The lowest BCUT2D eigenvalue weighted by atomic mass is 9.87. The summed E-state index contributed by atoms with van der Waals surface area (Å²) >= 11 is 0. The number of fused-ring (bicyclic) bond motifs is 3. The lowest BCUT2D eigenvalue weighted by Gasteiger charge is -2.30. The second-order valence-corrected chi connectivity index (χ2v) is 10.1. The molecule has 5 rings (SSSR count). The van der Waals surface area contributed by atoms with Gasteiger partial charge in [-0.3, -0.25) is 4.79 Å². The second-order valence-electron chi connectivity index (χ2n) is 10.1. The van der Waals surface area contributed by atoms with Gasteiger partial charge in [-0.2, -0.15) is 0 Å². The maximum Gasteiger partial charge on any atom is 0.262 e. The Morgan fingerprint density at radius 1 is 1.03 bits per heavy atom. The number of aromatic nitrogens is 2. The Hall–Kier alpha value is -4.00. The van der Waals surface area contributed by atoms with E-state index in [-0.39, 0.29) is 17.9 Å². The molecule has 3 aromatic carbocycles. The van der Waals surface area contributed by atoms with Gasteiger partial charge in [-0.1, -0.05) is 45.0 Å². The van der Waals surface area contributed by atoms with Crippen LogP contribution in [0.5, 0.6) is 11.5 Å². The zero-order valence-electron chi connectivity index (χ0n) is 21.2. The molecule has 7 nitrogen and oxygen atoms in total. The summed E-state index contributed by atoms with van der Waals surface area (Å²) < 4.78 is 13.5. The van der Waals surface area contributed by atoms with Gasteiger partial charge in [0.1, 0.15) is 17.3 Å². The molecule has 186 valence electrons. The molecule has 36 heavy (non-hydrogen) atoms. The summed E-state index contributed by atoms with van der Waals surface area (Å²) in [6.45, 7) is 8.80. The minimum Gasteiger partial charge on any atom is -0.495 e. The number of ether oxygens (including phenoxy) is 2. The Morgan fingerprint density at radius 3 is 2.56 bits per heavy atom. The van der Waals surface area contributed by atoms with Crippen LogP contribution >= 0.6 is 0 Å². The summed E-state index contributed by atoms with van der Waals surface area (Å²) in [5.74, 6) is 2.06. The number of rotatable bonds is 6. The molecule has 0 unspecified atom stereocenters. The maximum absolute atomic E-state index is 12.7. The van der Waals surface area contributed by atoms with E-state index >= 15 is 0 Å². The molecule has 0 saturated heterocycles. The highest BCUT2D eigenvalue weighted by molar-refractivity contribution is 5.94. The SMILES string of the molecule is COc1ccc(N2CCn3c(nc4ccccc43)C2)cc1NC(=O)COc1ccc(C(C)(C)C)cc1. The summed E-state index contributed by atoms with van der Waals surface area (Å²) in [6.07, 6.45) is 0. The topological polar surface area (TPSA) is 68.6 Å². The number of anilines is 2. The molecule has 2 heterocycles. The lowest BCUT2D eigenvalue weighted by Crippen LogP contribution is -2.33. The van der Waals surface area contributed by atoms with E-state index in [1.807, 2.05) is 60.7 Å². The van der Waals surface area contributed by atoms with Crippen molar-refractivity contribution in [3.63, 3.8) is 0 Å². The van der Waals surface area contributed by atoms with Gasteiger partial charge < -0.3 is 24.3 Å². The number of para-hydroxylation sites is 2. The molecule has 7 heteroatoms. The Labute approximate surface area is 211 Å². The van der Waals surface area contributed by atoms with Crippen LogP contribution in [0.4, 0.5) is 11.4 Å². The van der Waals surface area contributed by atoms with Gasteiger partial charge in [0, 0.05) is 18.8 Å². The van der Waals surface area contributed by atoms with E-state index in [1.165, 1.54) is 11.1 Å². The number of methoxy groups -OCH3 is 1. The molecule has 4 aromatic rings. The van der Waals surface area contributed by atoms with Gasteiger partial charge in [0.2, 0.25) is 0 Å². The number of imidazole rings is 1. The van der Waals surface area contributed by atoms with Crippen molar-refractivity contribution in [1.29, 1.82) is 0 Å². The minimum absolute atomic E-state index is 0.0679. The van der Waals surface area contributed by atoms with Gasteiger partial charge in [-0.05, 0) is 53.4 Å². The van der Waals surface area contributed by atoms with Gasteiger partial charge in [-0.25, -0.2) is 4.98 Å². The molecule has 1 aliphatic rings. The van der Waals surface area contributed by atoms with Gasteiger partial charge in [0.25, 0.3) is 5.91 Å². The van der Waals surface area contributed by atoms with E-state index in [9.17, 15) is 4.79 Å². The highest BCUT2D eigenvalue weighted by atomic mass is 16.5. The molecule has 1 aromatic heterocycles. The third kappa shape index (κ3) is 4.87. The van der Waals surface area contributed by atoms with Gasteiger partial charge in [-0.15, -0.1) is 0 Å². The van der Waals surface area contributed by atoms with Crippen molar-refractivity contribution in [3.8, 4) is 11.5 Å². The van der Waals surface area contributed by atoms with E-state index in [0.717, 1.165) is 30.1 Å². The average Bonchev–Trinajstić information content (AvgIpc) is 3.25. The van der Waals surface area contributed by atoms with Crippen LogP contribution in [0.25, 0.3) is 11.0 Å². The van der Waals surface area contributed by atoms with E-state index in [1.54, 1.807) is 7.11 Å². The third-order valence-corrected chi connectivity index (χ3v) is 6.57. The molecule has 1 amide bonds. The van der Waals surface area contributed by atoms with E-state index in [2.05, 4.69) is 41.6 Å². The number of hydrogen-bond donors (Lipinski definition) is 1. The van der Waals surface area contributed by atoms with Crippen LogP contribution in [0.1, 0.15) is 32.2 Å². The normalized spacial score (nSPS) is 13.4. The highest BCUT2D eigenvalue weighted by Crippen LogP contribution is 2.32. The van der Waals surface area contributed by atoms with Crippen molar-refractivity contribution in [3.05, 3.63) is 78.1 Å². The Kier molecular flexibility index (Phi) is 6.31. The number of benzene rings is 3. The van der Waals surface area contributed by atoms with Crippen LogP contribution in [-0.4, -0.2) is 35.7 Å². The van der Waals surface area contributed by atoms with Crippen LogP contribution in [0.15, 0.2) is 66.7 Å². The fourth-order valence-electron chi connectivity index (χ4n) is 4.56. The van der Waals surface area contributed by atoms with E-state index < -0.39 is 0 Å². The molecule has 0 fully saturated rings. The molecular formula is C29H32N4O3. The molecule has 1 N–H and O–H groups in total. The zero-order valence-corrected chi connectivity index (χ0v) is 21.2. The lowest BCUT2D eigenvalue weighted by molar-refractivity contribution is -0.118. The average molecular weight is 485 g/mol. The second kappa shape index (κ2) is 9.57. The molecule has 0 atom stereocenters. The first-order valence-corrected chi connectivity index (χ1v) is 12.2. The quantitative estimate of drug-likeness (QED) is 0.398. The van der Waals surface area contributed by atoms with Gasteiger partial charge >= 0.3 is 0 Å². The zero-order chi connectivity index (χ0) is 25.3. The smallest absolute Gasteiger partial charge is 0.262 e. The maximum atomic E-state index is 12.7. The van der Waals surface area contributed by atoms with Crippen LogP contribution in [0, 0.1) is 0 Å². The molecular weight excluding hydrogens is 452 g/mol. The van der Waals surface area contributed by atoms with Crippen LogP contribution in [0.3, 0.4) is 0 Å². The van der Waals surface area contributed by atoms with Crippen molar-refractivity contribution in [1.82, 2.24) is 9.55 Å². The van der Waals surface area contributed by atoms with Crippen LogP contribution in [-0.2, 0) is 23.3 Å². The first-order valence-electron chi connectivity index (χ1n) is 12.2. The molecule has 0 saturated carbocycles.